The van der Waals surface area contributed by atoms with Gasteiger partial charge < -0.3 is 4.74 Å². The first-order valence-electron chi connectivity index (χ1n) is 4.33. The van der Waals surface area contributed by atoms with Crippen LogP contribution in [0, 0.1) is 0 Å². The molecule has 2 aromatic rings. The molecule has 0 radical (unpaired) electrons. The summed E-state index contributed by atoms with van der Waals surface area (Å²) in [7, 11) is 1.56. The zero-order valence-electron chi connectivity index (χ0n) is 8.12. The lowest BCUT2D eigenvalue weighted by Gasteiger charge is -2.05. The molecule has 0 aliphatic carbocycles. The number of aromatic nitrogens is 3. The normalized spacial score (nSPS) is 9.93. The second-order valence-corrected chi connectivity index (χ2v) is 2.95. The molecule has 1 aromatic carbocycles. The van der Waals surface area contributed by atoms with Crippen molar-refractivity contribution in [1.82, 2.24) is 14.8 Å². The van der Waals surface area contributed by atoms with Crippen LogP contribution in [0.25, 0.3) is 5.69 Å². The molecule has 15 heavy (non-hydrogen) atoms. The maximum absolute atomic E-state index is 10.7. The first-order valence-corrected chi connectivity index (χ1v) is 4.33. The monoisotopic (exact) mass is 203 g/mol. The molecule has 5 nitrogen and oxygen atoms in total. The van der Waals surface area contributed by atoms with E-state index >= 15 is 0 Å². The Kier molecular flexibility index (Phi) is 2.45. The number of carbonyl (C=O) groups excluding carboxylic acids is 1. The van der Waals surface area contributed by atoms with Crippen molar-refractivity contribution < 1.29 is 9.53 Å². The van der Waals surface area contributed by atoms with E-state index in [1.165, 1.54) is 0 Å². The van der Waals surface area contributed by atoms with Crippen LogP contribution in [0.3, 0.4) is 0 Å². The summed E-state index contributed by atoms with van der Waals surface area (Å²) in [6, 6.07) is 5.20. The third kappa shape index (κ3) is 1.85. The van der Waals surface area contributed by atoms with Crippen molar-refractivity contribution in [2.45, 2.75) is 0 Å². The summed E-state index contributed by atoms with van der Waals surface area (Å²) in [6.45, 7) is 0. The Morgan fingerprint density at radius 3 is 2.60 bits per heavy atom. The number of rotatable bonds is 3. The second-order valence-electron chi connectivity index (χ2n) is 2.95. The van der Waals surface area contributed by atoms with Crippen LogP contribution in [0.4, 0.5) is 0 Å². The Hall–Kier alpha value is -2.17. The van der Waals surface area contributed by atoms with Gasteiger partial charge in [0.2, 0.25) is 0 Å². The average molecular weight is 203 g/mol. The van der Waals surface area contributed by atoms with Crippen LogP contribution in [0.15, 0.2) is 30.9 Å². The lowest BCUT2D eigenvalue weighted by molar-refractivity contribution is 0.112. The van der Waals surface area contributed by atoms with E-state index in [0.29, 0.717) is 11.3 Å². The number of hydrogen-bond acceptors (Lipinski definition) is 4. The van der Waals surface area contributed by atoms with Crippen LogP contribution in [0.5, 0.6) is 5.75 Å². The molecule has 2 rings (SSSR count). The van der Waals surface area contributed by atoms with E-state index in [4.69, 9.17) is 4.74 Å². The summed E-state index contributed by atoms with van der Waals surface area (Å²) >= 11 is 0. The van der Waals surface area contributed by atoms with Crippen LogP contribution < -0.4 is 4.74 Å². The van der Waals surface area contributed by atoms with Gasteiger partial charge in [-0.15, -0.1) is 10.2 Å². The fourth-order valence-corrected chi connectivity index (χ4v) is 1.27. The van der Waals surface area contributed by atoms with Gasteiger partial charge in [0.15, 0.2) is 0 Å². The van der Waals surface area contributed by atoms with E-state index in [9.17, 15) is 4.79 Å². The Morgan fingerprint density at radius 1 is 1.27 bits per heavy atom. The number of nitrogens with zero attached hydrogens (tertiary/aromatic N) is 3. The van der Waals surface area contributed by atoms with Crippen LogP contribution in [0.1, 0.15) is 10.4 Å². The van der Waals surface area contributed by atoms with Gasteiger partial charge in [0.1, 0.15) is 24.7 Å². The number of hydrogen-bond donors (Lipinski definition) is 0. The zero-order chi connectivity index (χ0) is 10.7. The van der Waals surface area contributed by atoms with Gasteiger partial charge in [-0.25, -0.2) is 0 Å². The summed E-state index contributed by atoms with van der Waals surface area (Å²) in [5.74, 6) is 0.628. The van der Waals surface area contributed by atoms with Crippen molar-refractivity contribution in [3.05, 3.63) is 36.4 Å². The van der Waals surface area contributed by atoms with Gasteiger partial charge in [-0.3, -0.25) is 9.36 Å². The summed E-state index contributed by atoms with van der Waals surface area (Å²) in [5, 5.41) is 7.39. The number of carbonyl (C=O) groups is 1. The zero-order valence-corrected chi connectivity index (χ0v) is 8.12. The first-order chi connectivity index (χ1) is 7.33. The van der Waals surface area contributed by atoms with Gasteiger partial charge in [0, 0.05) is 11.6 Å². The molecule has 1 aromatic heterocycles. The summed E-state index contributed by atoms with van der Waals surface area (Å²) in [6.07, 6.45) is 3.89. The Labute approximate surface area is 86.3 Å². The highest BCUT2D eigenvalue weighted by Gasteiger charge is 2.02. The molecule has 0 bridgehead atoms. The molecule has 0 N–H and O–H groups in total. The molecule has 0 saturated carbocycles. The van der Waals surface area contributed by atoms with E-state index < -0.39 is 0 Å². The van der Waals surface area contributed by atoms with Crippen LogP contribution in [-0.4, -0.2) is 28.2 Å². The number of methoxy groups -OCH3 is 1. The highest BCUT2D eigenvalue weighted by atomic mass is 16.5. The first kappa shape index (κ1) is 9.39. The molecule has 0 aliphatic rings. The van der Waals surface area contributed by atoms with Gasteiger partial charge in [-0.05, 0) is 12.1 Å². The van der Waals surface area contributed by atoms with Crippen LogP contribution >= 0.6 is 0 Å². The van der Waals surface area contributed by atoms with Crippen LogP contribution in [0.2, 0.25) is 0 Å². The highest BCUT2D eigenvalue weighted by molar-refractivity contribution is 5.77. The molecule has 0 spiro atoms. The minimum absolute atomic E-state index is 0.554. The molecule has 76 valence electrons. The smallest absolute Gasteiger partial charge is 0.150 e. The predicted octanol–water partition coefficient (Wildman–Crippen LogP) is 1.09. The summed E-state index contributed by atoms with van der Waals surface area (Å²) < 4.78 is 6.79. The third-order valence-electron chi connectivity index (χ3n) is 2.00. The quantitative estimate of drug-likeness (QED) is 0.700. The van der Waals surface area contributed by atoms with Crippen molar-refractivity contribution in [3.63, 3.8) is 0 Å². The van der Waals surface area contributed by atoms with Gasteiger partial charge >= 0.3 is 0 Å². The Bertz CT molecular complexity index is 466. The van der Waals surface area contributed by atoms with Gasteiger partial charge in [0.25, 0.3) is 0 Å². The molecule has 0 aliphatic heterocycles. The van der Waals surface area contributed by atoms with Crippen molar-refractivity contribution in [1.29, 1.82) is 0 Å². The van der Waals surface area contributed by atoms with Crippen molar-refractivity contribution in [3.8, 4) is 11.4 Å². The topological polar surface area (TPSA) is 57.0 Å². The highest BCUT2D eigenvalue weighted by Crippen LogP contribution is 2.18. The van der Waals surface area contributed by atoms with Crippen molar-refractivity contribution in [2.75, 3.05) is 7.11 Å². The number of aldehydes is 1. The van der Waals surface area contributed by atoms with Crippen molar-refractivity contribution >= 4 is 6.29 Å². The van der Waals surface area contributed by atoms with Gasteiger partial charge in [-0.1, -0.05) is 0 Å². The lowest BCUT2D eigenvalue weighted by Crippen LogP contribution is -1.94. The lowest BCUT2D eigenvalue weighted by atomic mass is 10.2. The largest absolute Gasteiger partial charge is 0.497 e. The maximum Gasteiger partial charge on any atom is 0.150 e. The van der Waals surface area contributed by atoms with E-state index in [1.54, 1.807) is 42.5 Å². The number of ether oxygens (including phenoxy) is 1. The van der Waals surface area contributed by atoms with Gasteiger partial charge in [-0.2, -0.15) is 0 Å². The Morgan fingerprint density at radius 2 is 2.00 bits per heavy atom. The SMILES string of the molecule is COc1cc(C=O)cc(-n2cnnc2)c1. The van der Waals surface area contributed by atoms with Gasteiger partial charge in [0.05, 0.1) is 12.8 Å². The minimum Gasteiger partial charge on any atom is -0.497 e. The molecular formula is C10H9N3O2. The molecule has 0 atom stereocenters. The molecule has 1 heterocycles. The Balaban J connectivity index is 2.52. The molecule has 0 fully saturated rings. The van der Waals surface area contributed by atoms with E-state index in [1.807, 2.05) is 0 Å². The predicted molar refractivity (Wildman–Crippen MR) is 53.3 cm³/mol. The molecule has 0 amide bonds. The number of benzene rings is 1. The minimum atomic E-state index is 0.554. The fraction of sp³-hybridized carbons (Fsp3) is 0.100. The third-order valence-corrected chi connectivity index (χ3v) is 2.00. The van der Waals surface area contributed by atoms with E-state index in [-0.39, 0.29) is 0 Å². The summed E-state index contributed by atoms with van der Waals surface area (Å²) in [4.78, 5) is 10.7. The van der Waals surface area contributed by atoms with E-state index in [2.05, 4.69) is 10.2 Å². The molecular weight excluding hydrogens is 194 g/mol. The standard InChI is InChI=1S/C10H9N3O2/c1-15-10-3-8(5-14)2-9(4-10)13-6-11-12-7-13/h2-7H,1H3. The second kappa shape index (κ2) is 3.91. The average Bonchev–Trinajstić information content (AvgIpc) is 2.81. The fourth-order valence-electron chi connectivity index (χ4n) is 1.27. The van der Waals surface area contributed by atoms with Crippen molar-refractivity contribution in [2.24, 2.45) is 0 Å². The maximum atomic E-state index is 10.7. The van der Waals surface area contributed by atoms with Crippen LogP contribution in [-0.2, 0) is 0 Å². The summed E-state index contributed by atoms with van der Waals surface area (Å²) in [5.41, 5.74) is 1.35. The molecule has 0 unspecified atom stereocenters. The molecule has 0 saturated heterocycles. The van der Waals surface area contributed by atoms with E-state index in [0.717, 1.165) is 12.0 Å². The molecule has 5 heteroatoms.